The molecule has 86 valence electrons. The van der Waals surface area contributed by atoms with Crippen molar-refractivity contribution in [2.75, 3.05) is 19.6 Å². The minimum absolute atomic E-state index is 0.664. The first-order valence-electron chi connectivity index (χ1n) is 6.53. The molecule has 0 spiro atoms. The zero-order valence-corrected chi connectivity index (χ0v) is 9.91. The first-order valence-corrected chi connectivity index (χ1v) is 6.53. The fraction of sp³-hybridized carbons (Fsp3) is 0.846. The van der Waals surface area contributed by atoms with Crippen LogP contribution in [0, 0.1) is 0 Å². The van der Waals surface area contributed by atoms with Crippen molar-refractivity contribution in [3.8, 4) is 0 Å². The average Bonchev–Trinajstić information content (AvgIpc) is 2.31. The molecular weight excluding hydrogens is 184 g/mol. The minimum atomic E-state index is 0.664. The van der Waals surface area contributed by atoms with Gasteiger partial charge < -0.3 is 10.2 Å². The molecular formula is C13H24N2. The summed E-state index contributed by atoms with van der Waals surface area (Å²) in [6.07, 6.45) is 11.4. The number of piperidine rings is 1. The molecule has 0 aromatic heterocycles. The van der Waals surface area contributed by atoms with Crippen LogP contribution in [0.25, 0.3) is 0 Å². The number of hydrogen-bond acceptors (Lipinski definition) is 2. The van der Waals surface area contributed by atoms with Crippen LogP contribution in [-0.4, -0.2) is 36.6 Å². The molecule has 0 aromatic rings. The quantitative estimate of drug-likeness (QED) is 0.715. The first kappa shape index (κ1) is 11.2. The van der Waals surface area contributed by atoms with Gasteiger partial charge in [-0.2, -0.15) is 0 Å². The molecule has 0 saturated carbocycles. The van der Waals surface area contributed by atoms with E-state index in [1.165, 1.54) is 51.7 Å². The number of rotatable bonds is 3. The van der Waals surface area contributed by atoms with E-state index < -0.39 is 0 Å². The van der Waals surface area contributed by atoms with E-state index >= 15 is 0 Å². The number of hydrogen-bond donors (Lipinski definition) is 1. The van der Waals surface area contributed by atoms with Crippen LogP contribution in [0.15, 0.2) is 12.2 Å². The Morgan fingerprint density at radius 3 is 2.67 bits per heavy atom. The second-order valence-electron chi connectivity index (χ2n) is 4.84. The van der Waals surface area contributed by atoms with Crippen LogP contribution in [0.2, 0.25) is 0 Å². The second-order valence-corrected chi connectivity index (χ2v) is 4.84. The Balaban J connectivity index is 1.71. The maximum atomic E-state index is 3.79. The van der Waals surface area contributed by atoms with Gasteiger partial charge >= 0.3 is 0 Å². The van der Waals surface area contributed by atoms with Crippen molar-refractivity contribution in [2.45, 2.75) is 51.1 Å². The fourth-order valence-electron chi connectivity index (χ4n) is 2.67. The lowest BCUT2D eigenvalue weighted by Gasteiger charge is -2.33. The van der Waals surface area contributed by atoms with Crippen molar-refractivity contribution in [3.63, 3.8) is 0 Å². The highest BCUT2D eigenvalue weighted by Gasteiger charge is 2.20. The molecule has 2 nitrogen and oxygen atoms in total. The molecule has 1 atom stereocenters. The van der Waals surface area contributed by atoms with E-state index in [2.05, 4.69) is 29.3 Å². The maximum absolute atomic E-state index is 3.79. The van der Waals surface area contributed by atoms with Gasteiger partial charge in [-0.3, -0.25) is 0 Å². The molecule has 1 N–H and O–H groups in total. The van der Waals surface area contributed by atoms with Crippen LogP contribution in [0.5, 0.6) is 0 Å². The van der Waals surface area contributed by atoms with Crippen LogP contribution >= 0.6 is 0 Å². The summed E-state index contributed by atoms with van der Waals surface area (Å²) in [6.45, 7) is 6.04. The number of nitrogens with one attached hydrogen (secondary N) is 1. The number of nitrogens with zero attached hydrogens (tertiary/aromatic N) is 1. The third-order valence-electron chi connectivity index (χ3n) is 3.74. The van der Waals surface area contributed by atoms with E-state index in [1.54, 1.807) is 0 Å². The topological polar surface area (TPSA) is 15.3 Å². The molecule has 1 aliphatic carbocycles. The maximum Gasteiger partial charge on any atom is 0.0252 e. The summed E-state index contributed by atoms with van der Waals surface area (Å²) in [5, 5.41) is 3.79. The third kappa shape index (κ3) is 3.32. The largest absolute Gasteiger partial charge is 0.308 e. The Morgan fingerprint density at radius 2 is 2.07 bits per heavy atom. The Kier molecular flexibility index (Phi) is 4.21. The lowest BCUT2D eigenvalue weighted by Crippen LogP contribution is -2.45. The van der Waals surface area contributed by atoms with Crippen molar-refractivity contribution < 1.29 is 0 Å². The molecule has 2 aliphatic rings. The summed E-state index contributed by atoms with van der Waals surface area (Å²) in [7, 11) is 0. The zero-order valence-electron chi connectivity index (χ0n) is 9.91. The van der Waals surface area contributed by atoms with Crippen molar-refractivity contribution in [2.24, 2.45) is 0 Å². The summed E-state index contributed by atoms with van der Waals surface area (Å²) in [4.78, 5) is 2.55. The summed E-state index contributed by atoms with van der Waals surface area (Å²) in [5.74, 6) is 0. The Bertz CT molecular complexity index is 205. The average molecular weight is 208 g/mol. The van der Waals surface area contributed by atoms with E-state index in [0.29, 0.717) is 6.04 Å². The van der Waals surface area contributed by atoms with Gasteiger partial charge in [0.25, 0.3) is 0 Å². The molecule has 0 radical (unpaired) electrons. The van der Waals surface area contributed by atoms with Gasteiger partial charge in [-0.05, 0) is 51.7 Å². The zero-order chi connectivity index (χ0) is 10.5. The molecule has 0 bridgehead atoms. The van der Waals surface area contributed by atoms with Crippen LogP contribution < -0.4 is 5.32 Å². The van der Waals surface area contributed by atoms with E-state index in [0.717, 1.165) is 6.04 Å². The molecule has 0 amide bonds. The van der Waals surface area contributed by atoms with E-state index in [4.69, 9.17) is 0 Å². The molecule has 1 fully saturated rings. The van der Waals surface area contributed by atoms with E-state index in [1.807, 2.05) is 0 Å². The normalized spacial score (nSPS) is 29.5. The van der Waals surface area contributed by atoms with Crippen LogP contribution in [0.4, 0.5) is 0 Å². The predicted octanol–water partition coefficient (Wildman–Crippen LogP) is 2.17. The Labute approximate surface area is 93.7 Å². The summed E-state index contributed by atoms with van der Waals surface area (Å²) in [6, 6.07) is 1.43. The highest BCUT2D eigenvalue weighted by molar-refractivity contribution is 4.98. The van der Waals surface area contributed by atoms with Gasteiger partial charge in [0.2, 0.25) is 0 Å². The van der Waals surface area contributed by atoms with E-state index in [9.17, 15) is 0 Å². The molecule has 1 unspecified atom stereocenters. The van der Waals surface area contributed by atoms with Crippen molar-refractivity contribution in [1.82, 2.24) is 10.2 Å². The molecule has 0 aromatic carbocycles. The SMILES string of the molecule is CCN1CCC(NC2C=CCCC2)CC1. The molecule has 2 rings (SSSR count). The third-order valence-corrected chi connectivity index (χ3v) is 3.74. The summed E-state index contributed by atoms with van der Waals surface area (Å²) >= 11 is 0. The smallest absolute Gasteiger partial charge is 0.0252 e. The van der Waals surface area contributed by atoms with Gasteiger partial charge in [0, 0.05) is 12.1 Å². The highest BCUT2D eigenvalue weighted by Crippen LogP contribution is 2.15. The monoisotopic (exact) mass is 208 g/mol. The van der Waals surface area contributed by atoms with E-state index in [-0.39, 0.29) is 0 Å². The van der Waals surface area contributed by atoms with Crippen LogP contribution in [0.3, 0.4) is 0 Å². The fourth-order valence-corrected chi connectivity index (χ4v) is 2.67. The minimum Gasteiger partial charge on any atom is -0.308 e. The predicted molar refractivity (Wildman–Crippen MR) is 65.1 cm³/mol. The highest BCUT2D eigenvalue weighted by atomic mass is 15.1. The Hall–Kier alpha value is -0.340. The number of likely N-dealkylation sites (tertiary alicyclic amines) is 1. The van der Waals surface area contributed by atoms with Gasteiger partial charge in [-0.25, -0.2) is 0 Å². The Morgan fingerprint density at radius 1 is 1.27 bits per heavy atom. The lowest BCUT2D eigenvalue weighted by atomic mass is 9.99. The lowest BCUT2D eigenvalue weighted by molar-refractivity contribution is 0.201. The van der Waals surface area contributed by atoms with Crippen LogP contribution in [-0.2, 0) is 0 Å². The first-order chi connectivity index (χ1) is 7.38. The molecule has 1 saturated heterocycles. The molecule has 2 heteroatoms. The van der Waals surface area contributed by atoms with Gasteiger partial charge in [0.1, 0.15) is 0 Å². The van der Waals surface area contributed by atoms with Crippen molar-refractivity contribution in [3.05, 3.63) is 12.2 Å². The number of allylic oxidation sites excluding steroid dienone is 1. The van der Waals surface area contributed by atoms with Gasteiger partial charge in [-0.15, -0.1) is 0 Å². The molecule has 15 heavy (non-hydrogen) atoms. The summed E-state index contributed by atoms with van der Waals surface area (Å²) in [5.41, 5.74) is 0. The van der Waals surface area contributed by atoms with Gasteiger partial charge in [-0.1, -0.05) is 19.1 Å². The van der Waals surface area contributed by atoms with Crippen molar-refractivity contribution >= 4 is 0 Å². The molecule has 1 heterocycles. The van der Waals surface area contributed by atoms with Crippen LogP contribution in [0.1, 0.15) is 39.0 Å². The summed E-state index contributed by atoms with van der Waals surface area (Å²) < 4.78 is 0. The molecule has 1 aliphatic heterocycles. The second kappa shape index (κ2) is 5.66. The van der Waals surface area contributed by atoms with Gasteiger partial charge in [0.05, 0.1) is 0 Å². The van der Waals surface area contributed by atoms with Gasteiger partial charge in [0.15, 0.2) is 0 Å². The standard InChI is InChI=1S/C13H24N2/c1-2-15-10-8-13(9-11-15)14-12-6-4-3-5-7-12/h4,6,12-14H,2-3,5,7-11H2,1H3. The van der Waals surface area contributed by atoms with Crippen molar-refractivity contribution in [1.29, 1.82) is 0 Å².